The average molecular weight is 402 g/mol. The van der Waals surface area contributed by atoms with Crippen LogP contribution in [0, 0.1) is 6.92 Å². The van der Waals surface area contributed by atoms with Gasteiger partial charge in [0.1, 0.15) is 0 Å². The summed E-state index contributed by atoms with van der Waals surface area (Å²) in [7, 11) is 1.47. The fraction of sp³-hybridized carbons (Fsp3) is 0.375. The van der Waals surface area contributed by atoms with Gasteiger partial charge in [-0.05, 0) is 31.5 Å². The topological polar surface area (TPSA) is 39.4 Å². The molecule has 8 heteroatoms. The molecule has 1 unspecified atom stereocenters. The van der Waals surface area contributed by atoms with Gasteiger partial charge in [0.2, 0.25) is 0 Å². The van der Waals surface area contributed by atoms with Crippen molar-refractivity contribution in [1.29, 1.82) is 0 Å². The van der Waals surface area contributed by atoms with Crippen LogP contribution < -0.4 is 0 Å². The van der Waals surface area contributed by atoms with E-state index in [1.165, 1.54) is 11.7 Å². The van der Waals surface area contributed by atoms with Crippen molar-refractivity contribution in [2.24, 2.45) is 12.2 Å². The number of aryl methyl sites for hydroxylation is 2. The van der Waals surface area contributed by atoms with Crippen LogP contribution in [0.2, 0.25) is 0 Å². The van der Waals surface area contributed by atoms with E-state index >= 15 is 0 Å². The van der Waals surface area contributed by atoms with E-state index in [-0.39, 0.29) is 0 Å². The van der Waals surface area contributed by atoms with Crippen molar-refractivity contribution in [3.63, 3.8) is 0 Å². The van der Waals surface area contributed by atoms with Gasteiger partial charge in [-0.2, -0.15) is 18.3 Å². The minimum absolute atomic E-state index is 0.333. The van der Waals surface area contributed by atoms with Crippen LogP contribution in [-0.4, -0.2) is 15.5 Å². The highest BCUT2D eigenvalue weighted by molar-refractivity contribution is 9.10. The minimum Gasteiger partial charge on any atom is -0.382 e. The van der Waals surface area contributed by atoms with Gasteiger partial charge in [0.05, 0.1) is 11.4 Å². The van der Waals surface area contributed by atoms with E-state index in [0.29, 0.717) is 17.8 Å². The van der Waals surface area contributed by atoms with Crippen molar-refractivity contribution >= 4 is 21.6 Å². The predicted molar refractivity (Wildman–Crippen MR) is 86.7 cm³/mol. The first-order valence-electron chi connectivity index (χ1n) is 7.23. The summed E-state index contributed by atoms with van der Waals surface area (Å²) in [5, 5.41) is 7.64. The molecule has 2 aromatic rings. The lowest BCUT2D eigenvalue weighted by Crippen LogP contribution is -2.25. The first-order valence-corrected chi connectivity index (χ1v) is 8.03. The highest BCUT2D eigenvalue weighted by atomic mass is 79.9. The zero-order valence-electron chi connectivity index (χ0n) is 13.3. The second-order valence-electron chi connectivity index (χ2n) is 6.04. The molecule has 1 aliphatic heterocycles. The van der Waals surface area contributed by atoms with Gasteiger partial charge >= 0.3 is 6.18 Å². The second-order valence-corrected chi connectivity index (χ2v) is 6.89. The van der Waals surface area contributed by atoms with Crippen LogP contribution in [0.15, 0.2) is 33.9 Å². The van der Waals surface area contributed by atoms with Gasteiger partial charge in [-0.15, -0.1) is 0 Å². The van der Waals surface area contributed by atoms with E-state index in [0.717, 1.165) is 21.7 Å². The number of hydrogen-bond acceptors (Lipinski definition) is 3. The largest absolute Gasteiger partial charge is 0.435 e. The summed E-state index contributed by atoms with van der Waals surface area (Å²) in [4.78, 5) is 5.51. The Kier molecular flexibility index (Phi) is 3.98. The van der Waals surface area contributed by atoms with Gasteiger partial charge in [-0.1, -0.05) is 33.2 Å². The van der Waals surface area contributed by atoms with Crippen LogP contribution in [0.5, 0.6) is 0 Å². The van der Waals surface area contributed by atoms with Gasteiger partial charge in [0.15, 0.2) is 11.3 Å². The Morgan fingerprint density at radius 3 is 2.58 bits per heavy atom. The number of hydrogen-bond donors (Lipinski definition) is 0. The number of benzene rings is 1. The van der Waals surface area contributed by atoms with Crippen molar-refractivity contribution in [3.8, 4) is 0 Å². The number of nitrogens with zero attached hydrogens (tertiary/aromatic N) is 3. The molecule has 128 valence electrons. The number of alkyl halides is 3. The molecule has 0 fully saturated rings. The Hall–Kier alpha value is -1.83. The van der Waals surface area contributed by atoms with Gasteiger partial charge in [0, 0.05) is 23.5 Å². The summed E-state index contributed by atoms with van der Waals surface area (Å²) in [6, 6.07) is 6.80. The van der Waals surface area contributed by atoms with Gasteiger partial charge in [0.25, 0.3) is 0 Å². The monoisotopic (exact) mass is 401 g/mol. The number of halogens is 4. The Morgan fingerprint density at radius 1 is 1.29 bits per heavy atom. The average Bonchev–Trinajstić information content (AvgIpc) is 3.06. The summed E-state index contributed by atoms with van der Waals surface area (Å²) in [6.07, 6.45) is -4.13. The first kappa shape index (κ1) is 17.0. The van der Waals surface area contributed by atoms with Crippen LogP contribution in [0.3, 0.4) is 0 Å². The number of rotatable bonds is 2. The molecule has 0 saturated carbocycles. The van der Waals surface area contributed by atoms with Crippen molar-refractivity contribution in [2.45, 2.75) is 32.0 Å². The Labute approximate surface area is 145 Å². The number of aromatic nitrogens is 2. The molecule has 0 aliphatic carbocycles. The van der Waals surface area contributed by atoms with Gasteiger partial charge in [-0.3, -0.25) is 4.68 Å². The third-order valence-electron chi connectivity index (χ3n) is 4.08. The van der Waals surface area contributed by atoms with Crippen LogP contribution >= 0.6 is 15.9 Å². The zero-order valence-corrected chi connectivity index (χ0v) is 14.9. The van der Waals surface area contributed by atoms with Crippen molar-refractivity contribution in [2.75, 3.05) is 0 Å². The fourth-order valence-electron chi connectivity index (χ4n) is 2.71. The van der Waals surface area contributed by atoms with Crippen molar-refractivity contribution in [1.82, 2.24) is 9.78 Å². The third-order valence-corrected chi connectivity index (χ3v) is 4.93. The fourth-order valence-corrected chi connectivity index (χ4v) is 3.08. The number of oxime groups is 1. The molecule has 2 heterocycles. The molecule has 0 amide bonds. The summed E-state index contributed by atoms with van der Waals surface area (Å²) in [6.45, 7) is 3.68. The Balaban J connectivity index is 1.90. The molecule has 0 N–H and O–H groups in total. The smallest absolute Gasteiger partial charge is 0.382 e. The predicted octanol–water partition coefficient (Wildman–Crippen LogP) is 4.55. The summed E-state index contributed by atoms with van der Waals surface area (Å²) in [5.74, 6) is 0. The maximum absolute atomic E-state index is 12.9. The van der Waals surface area contributed by atoms with Crippen LogP contribution in [0.1, 0.15) is 35.9 Å². The van der Waals surface area contributed by atoms with E-state index in [1.54, 1.807) is 6.92 Å². The SMILES string of the molecule is Cc1ccc(C2=NOC(C)(c3cc(C(F)(F)F)nn3C)C2)cc1Br. The maximum atomic E-state index is 12.9. The van der Waals surface area contributed by atoms with Crippen molar-refractivity contribution < 1.29 is 18.0 Å². The van der Waals surface area contributed by atoms with E-state index in [4.69, 9.17) is 4.84 Å². The molecule has 0 radical (unpaired) electrons. The summed E-state index contributed by atoms with van der Waals surface area (Å²) >= 11 is 3.47. The van der Waals surface area contributed by atoms with Crippen LogP contribution in [-0.2, 0) is 23.7 Å². The molecule has 1 aromatic carbocycles. The molecule has 4 nitrogen and oxygen atoms in total. The highest BCUT2D eigenvalue weighted by Crippen LogP contribution is 2.38. The first-order chi connectivity index (χ1) is 11.1. The molecule has 0 bridgehead atoms. The lowest BCUT2D eigenvalue weighted by atomic mass is 9.92. The van der Waals surface area contributed by atoms with Crippen LogP contribution in [0.4, 0.5) is 13.2 Å². The highest BCUT2D eigenvalue weighted by Gasteiger charge is 2.43. The molecule has 24 heavy (non-hydrogen) atoms. The van der Waals surface area contributed by atoms with Crippen molar-refractivity contribution in [3.05, 3.63) is 51.3 Å². The summed E-state index contributed by atoms with van der Waals surface area (Å²) < 4.78 is 40.7. The normalized spacial score (nSPS) is 20.9. The molecular formula is C16H15BrF3N3O. The van der Waals surface area contributed by atoms with Crippen LogP contribution in [0.25, 0.3) is 0 Å². The van der Waals surface area contributed by atoms with E-state index in [2.05, 4.69) is 26.2 Å². The third kappa shape index (κ3) is 2.94. The molecule has 1 aliphatic rings. The lowest BCUT2D eigenvalue weighted by molar-refractivity contribution is -0.141. The van der Waals surface area contributed by atoms with Gasteiger partial charge in [-0.25, -0.2) is 0 Å². The molecule has 0 saturated heterocycles. The standard InChI is InChI=1S/C16H15BrF3N3O/c1-9-4-5-10(6-11(9)17)12-8-15(2,24-22-12)14-7-13(16(18,19)20)21-23(14)3/h4-7H,8H2,1-3H3. The molecule has 1 aromatic heterocycles. The maximum Gasteiger partial charge on any atom is 0.435 e. The molecule has 3 rings (SSSR count). The van der Waals surface area contributed by atoms with E-state index in [9.17, 15) is 13.2 Å². The zero-order chi connectivity index (χ0) is 17.7. The molecule has 0 spiro atoms. The Morgan fingerprint density at radius 2 is 2.00 bits per heavy atom. The minimum atomic E-state index is -4.49. The molecule has 1 atom stereocenters. The lowest BCUT2D eigenvalue weighted by Gasteiger charge is -2.21. The Bertz CT molecular complexity index is 828. The second kappa shape index (κ2) is 5.61. The van der Waals surface area contributed by atoms with Gasteiger partial charge < -0.3 is 4.84 Å². The quantitative estimate of drug-likeness (QED) is 0.740. The summed E-state index contributed by atoms with van der Waals surface area (Å²) in [5.41, 5.74) is 1.05. The van der Waals surface area contributed by atoms with E-state index in [1.807, 2.05) is 25.1 Å². The van der Waals surface area contributed by atoms with E-state index < -0.39 is 17.5 Å². The molecular weight excluding hydrogens is 387 g/mol.